The Balaban J connectivity index is 3.32. The van der Waals surface area contributed by atoms with Crippen LogP contribution in [0.3, 0.4) is 0 Å². The molecular weight excluding hydrogens is 212 g/mol. The van der Waals surface area contributed by atoms with Crippen LogP contribution >= 0.6 is 11.6 Å². The van der Waals surface area contributed by atoms with Crippen molar-refractivity contribution in [2.75, 3.05) is 7.11 Å². The first-order valence-corrected chi connectivity index (χ1v) is 5.22. The van der Waals surface area contributed by atoms with Gasteiger partial charge in [0.1, 0.15) is 0 Å². The van der Waals surface area contributed by atoms with Crippen LogP contribution in [0.15, 0.2) is 6.07 Å². The van der Waals surface area contributed by atoms with Crippen molar-refractivity contribution in [2.45, 2.75) is 32.7 Å². The molecular formula is C11H17ClN2O. The van der Waals surface area contributed by atoms with Crippen molar-refractivity contribution in [1.82, 2.24) is 4.98 Å². The number of halogens is 1. The summed E-state index contributed by atoms with van der Waals surface area (Å²) in [5, 5.41) is 0.642. The van der Waals surface area contributed by atoms with Gasteiger partial charge in [-0.25, -0.2) is 4.98 Å². The first-order valence-electron chi connectivity index (χ1n) is 4.84. The zero-order chi connectivity index (χ0) is 11.6. The maximum atomic E-state index is 6.15. The zero-order valence-electron chi connectivity index (χ0n) is 9.60. The number of pyridine rings is 1. The highest BCUT2D eigenvalue weighted by molar-refractivity contribution is 6.31. The van der Waals surface area contributed by atoms with Crippen molar-refractivity contribution in [1.29, 1.82) is 0 Å². The average molecular weight is 229 g/mol. The largest absolute Gasteiger partial charge is 0.481 e. The predicted molar refractivity (Wildman–Crippen MR) is 62.4 cm³/mol. The van der Waals surface area contributed by atoms with Gasteiger partial charge in [-0.15, -0.1) is 0 Å². The Labute approximate surface area is 95.6 Å². The second-order valence-corrected chi connectivity index (χ2v) is 4.85. The topological polar surface area (TPSA) is 48.1 Å². The third-order valence-corrected chi connectivity index (χ3v) is 2.43. The Morgan fingerprint density at radius 3 is 2.47 bits per heavy atom. The molecule has 0 aliphatic heterocycles. The molecule has 1 heterocycles. The van der Waals surface area contributed by atoms with Crippen molar-refractivity contribution < 1.29 is 4.74 Å². The van der Waals surface area contributed by atoms with E-state index in [4.69, 9.17) is 22.1 Å². The summed E-state index contributed by atoms with van der Waals surface area (Å²) in [6.07, 6.45) is 0. The minimum atomic E-state index is -0.0997. The van der Waals surface area contributed by atoms with E-state index in [2.05, 4.69) is 25.8 Å². The summed E-state index contributed by atoms with van der Waals surface area (Å²) in [4.78, 5) is 4.40. The van der Waals surface area contributed by atoms with Crippen molar-refractivity contribution in [3.63, 3.8) is 0 Å². The molecule has 1 aromatic rings. The molecule has 0 aliphatic rings. The lowest BCUT2D eigenvalue weighted by atomic mass is 9.91. The maximum absolute atomic E-state index is 6.15. The maximum Gasteiger partial charge on any atom is 0.217 e. The standard InChI is InChI=1S/C11H17ClN2O/c1-11(2,3)9-8(12)5-7(6-13)10(14-9)15-4/h5H,6,13H2,1-4H3. The summed E-state index contributed by atoms with van der Waals surface area (Å²) in [6, 6.07) is 1.83. The first kappa shape index (κ1) is 12.3. The smallest absolute Gasteiger partial charge is 0.217 e. The second kappa shape index (κ2) is 4.37. The summed E-state index contributed by atoms with van der Waals surface area (Å²) in [7, 11) is 1.59. The Morgan fingerprint density at radius 2 is 2.07 bits per heavy atom. The Hall–Kier alpha value is -0.800. The van der Waals surface area contributed by atoms with Crippen molar-refractivity contribution >= 4 is 11.6 Å². The molecule has 84 valence electrons. The lowest BCUT2D eigenvalue weighted by molar-refractivity contribution is 0.386. The van der Waals surface area contributed by atoms with Gasteiger partial charge in [0.25, 0.3) is 0 Å². The van der Waals surface area contributed by atoms with E-state index >= 15 is 0 Å². The fourth-order valence-corrected chi connectivity index (χ4v) is 1.82. The number of nitrogens with two attached hydrogens (primary N) is 1. The average Bonchev–Trinajstić information content (AvgIpc) is 2.15. The van der Waals surface area contributed by atoms with Gasteiger partial charge in [-0.3, -0.25) is 0 Å². The number of aromatic nitrogens is 1. The van der Waals surface area contributed by atoms with Crippen LogP contribution in [0.1, 0.15) is 32.0 Å². The molecule has 15 heavy (non-hydrogen) atoms. The van der Waals surface area contributed by atoms with Gasteiger partial charge in [0, 0.05) is 17.5 Å². The van der Waals surface area contributed by atoms with E-state index in [-0.39, 0.29) is 5.41 Å². The molecule has 0 radical (unpaired) electrons. The molecule has 0 bridgehead atoms. The van der Waals surface area contributed by atoms with Crippen molar-refractivity contribution in [3.05, 3.63) is 22.3 Å². The molecule has 3 nitrogen and oxygen atoms in total. The van der Waals surface area contributed by atoms with E-state index in [9.17, 15) is 0 Å². The summed E-state index contributed by atoms with van der Waals surface area (Å²) in [5.74, 6) is 0.562. The third kappa shape index (κ3) is 2.61. The molecule has 0 saturated carbocycles. The van der Waals surface area contributed by atoms with Gasteiger partial charge >= 0.3 is 0 Å². The van der Waals surface area contributed by atoms with Gasteiger partial charge < -0.3 is 10.5 Å². The van der Waals surface area contributed by atoms with Gasteiger partial charge in [-0.1, -0.05) is 32.4 Å². The molecule has 0 amide bonds. The molecule has 0 spiro atoms. The predicted octanol–water partition coefficient (Wildman–Crippen LogP) is 2.50. The third-order valence-electron chi connectivity index (χ3n) is 2.14. The van der Waals surface area contributed by atoms with Crippen LogP contribution in [0.25, 0.3) is 0 Å². The highest BCUT2D eigenvalue weighted by atomic mass is 35.5. The summed E-state index contributed by atoms with van der Waals surface area (Å²) < 4.78 is 5.18. The zero-order valence-corrected chi connectivity index (χ0v) is 10.4. The van der Waals surface area contributed by atoms with Crippen LogP contribution in [-0.4, -0.2) is 12.1 Å². The molecule has 1 aromatic heterocycles. The highest BCUT2D eigenvalue weighted by Crippen LogP contribution is 2.31. The van der Waals surface area contributed by atoms with Crippen molar-refractivity contribution in [2.24, 2.45) is 5.73 Å². The quantitative estimate of drug-likeness (QED) is 0.846. The molecule has 1 rings (SSSR count). The van der Waals surface area contributed by atoms with Gasteiger partial charge in [0.05, 0.1) is 17.8 Å². The number of methoxy groups -OCH3 is 1. The second-order valence-electron chi connectivity index (χ2n) is 4.44. The monoisotopic (exact) mass is 228 g/mol. The van der Waals surface area contributed by atoms with Crippen LogP contribution in [0.4, 0.5) is 0 Å². The molecule has 2 N–H and O–H groups in total. The first-order chi connectivity index (χ1) is 6.90. The van der Waals surface area contributed by atoms with E-state index in [1.54, 1.807) is 7.11 Å². The molecule has 0 aliphatic carbocycles. The Bertz CT molecular complexity index is 358. The van der Waals surface area contributed by atoms with E-state index in [0.29, 0.717) is 17.4 Å². The van der Waals surface area contributed by atoms with E-state index < -0.39 is 0 Å². The van der Waals surface area contributed by atoms with E-state index in [0.717, 1.165) is 11.3 Å². The van der Waals surface area contributed by atoms with E-state index in [1.165, 1.54) is 0 Å². The highest BCUT2D eigenvalue weighted by Gasteiger charge is 2.21. The lowest BCUT2D eigenvalue weighted by Crippen LogP contribution is -2.16. The Kier molecular flexibility index (Phi) is 3.58. The van der Waals surface area contributed by atoms with Gasteiger partial charge in [-0.2, -0.15) is 0 Å². The van der Waals surface area contributed by atoms with Crippen molar-refractivity contribution in [3.8, 4) is 5.88 Å². The number of nitrogens with zero attached hydrogens (tertiary/aromatic N) is 1. The molecule has 0 aromatic carbocycles. The van der Waals surface area contributed by atoms with Gasteiger partial charge in [-0.05, 0) is 6.07 Å². The summed E-state index contributed by atoms with van der Waals surface area (Å²) in [5.41, 5.74) is 7.14. The number of hydrogen-bond acceptors (Lipinski definition) is 3. The number of rotatable bonds is 2. The molecule has 0 saturated heterocycles. The Morgan fingerprint density at radius 1 is 1.47 bits per heavy atom. The van der Waals surface area contributed by atoms with Crippen LogP contribution in [0.2, 0.25) is 5.02 Å². The molecule has 4 heteroatoms. The normalized spacial score (nSPS) is 11.6. The lowest BCUT2D eigenvalue weighted by Gasteiger charge is -2.20. The SMILES string of the molecule is COc1nc(C(C)(C)C)c(Cl)cc1CN. The number of ether oxygens (including phenoxy) is 1. The molecule has 0 fully saturated rings. The van der Waals surface area contributed by atoms with E-state index in [1.807, 2.05) is 6.07 Å². The molecule has 0 atom stereocenters. The fourth-order valence-electron chi connectivity index (χ4n) is 1.36. The fraction of sp³-hybridized carbons (Fsp3) is 0.545. The number of hydrogen-bond donors (Lipinski definition) is 1. The van der Waals surface area contributed by atoms with Crippen LogP contribution < -0.4 is 10.5 Å². The summed E-state index contributed by atoms with van der Waals surface area (Å²) >= 11 is 6.15. The minimum absolute atomic E-state index is 0.0997. The molecule has 0 unspecified atom stereocenters. The van der Waals surface area contributed by atoms with Gasteiger partial charge in [0.15, 0.2) is 0 Å². The van der Waals surface area contributed by atoms with Crippen LogP contribution in [-0.2, 0) is 12.0 Å². The van der Waals surface area contributed by atoms with Gasteiger partial charge in [0.2, 0.25) is 5.88 Å². The van der Waals surface area contributed by atoms with Crippen LogP contribution in [0, 0.1) is 0 Å². The van der Waals surface area contributed by atoms with Crippen LogP contribution in [0.5, 0.6) is 5.88 Å². The minimum Gasteiger partial charge on any atom is -0.481 e. The summed E-state index contributed by atoms with van der Waals surface area (Å²) in [6.45, 7) is 6.55.